The van der Waals surface area contributed by atoms with Crippen LogP contribution in [0.3, 0.4) is 0 Å². The molecule has 2 aliphatic carbocycles. The van der Waals surface area contributed by atoms with E-state index in [2.05, 4.69) is 12.2 Å². The minimum atomic E-state index is -0.890. The molecule has 0 atom stereocenters. The minimum absolute atomic E-state index is 0. The molecule has 0 unspecified atom stereocenters. The van der Waals surface area contributed by atoms with Gasteiger partial charge < -0.3 is 19.8 Å². The normalized spacial score (nSPS) is 15.3. The fourth-order valence-electron chi connectivity index (χ4n) is 1.10. The summed E-state index contributed by atoms with van der Waals surface area (Å²) in [6, 6.07) is 0. The Kier molecular flexibility index (Phi) is 6.94. The summed E-state index contributed by atoms with van der Waals surface area (Å²) in [7, 11) is 0. The molecule has 0 aromatic heterocycles. The van der Waals surface area contributed by atoms with Crippen molar-refractivity contribution in [3.05, 3.63) is 47.6 Å². The van der Waals surface area contributed by atoms with Gasteiger partial charge in [0.15, 0.2) is 0 Å². The van der Waals surface area contributed by atoms with E-state index in [0.717, 1.165) is 0 Å². The third-order valence-corrected chi connectivity index (χ3v) is 1.85. The van der Waals surface area contributed by atoms with E-state index in [1.54, 1.807) is 24.3 Å². The first kappa shape index (κ1) is 15.4. The average molecular weight is 274 g/mol. The fourth-order valence-corrected chi connectivity index (χ4v) is 1.10. The van der Waals surface area contributed by atoms with Crippen LogP contribution in [0, 0.1) is 12.2 Å². The summed E-state index contributed by atoms with van der Waals surface area (Å²) in [5, 5.41) is 16.5. The van der Waals surface area contributed by atoms with Crippen LogP contribution in [0.5, 0.6) is 0 Å². The second-order valence-electron chi connectivity index (χ2n) is 3.00. The SMILES string of the molecule is O=C(O)C1=[C-]CC=C1.O=C(O)C1=[C-]CC=C1.[Fe+2]. The molecular weight excluding hydrogens is 264 g/mol. The molecule has 0 saturated carbocycles. The molecule has 5 heteroatoms. The molecule has 90 valence electrons. The average Bonchev–Trinajstić information content (AvgIpc) is 2.93. The maximum absolute atomic E-state index is 10.1. The molecule has 0 aromatic carbocycles. The smallest absolute Gasteiger partial charge is 0.535 e. The Morgan fingerprint density at radius 2 is 1.29 bits per heavy atom. The topological polar surface area (TPSA) is 74.6 Å². The van der Waals surface area contributed by atoms with E-state index in [4.69, 9.17) is 10.2 Å². The van der Waals surface area contributed by atoms with Gasteiger partial charge in [-0.2, -0.15) is 24.3 Å². The molecule has 0 heterocycles. The second-order valence-corrected chi connectivity index (χ2v) is 3.00. The van der Waals surface area contributed by atoms with Crippen LogP contribution < -0.4 is 0 Å². The molecule has 2 N–H and O–H groups in total. The minimum Gasteiger partial charge on any atom is -0.535 e. The predicted molar refractivity (Wildman–Crippen MR) is 56.3 cm³/mol. The van der Waals surface area contributed by atoms with E-state index in [-0.39, 0.29) is 28.2 Å². The van der Waals surface area contributed by atoms with E-state index >= 15 is 0 Å². The van der Waals surface area contributed by atoms with Gasteiger partial charge in [0, 0.05) is 0 Å². The number of aliphatic carboxylic acids is 2. The van der Waals surface area contributed by atoms with E-state index in [1.165, 1.54) is 0 Å². The number of allylic oxidation sites excluding steroid dienone is 4. The van der Waals surface area contributed by atoms with Gasteiger partial charge in [0.05, 0.1) is 0 Å². The molecule has 0 spiro atoms. The molecule has 0 aliphatic heterocycles. The molecule has 2 rings (SSSR count). The Balaban J connectivity index is 0.000000284. The van der Waals surface area contributed by atoms with Gasteiger partial charge in [-0.05, 0) is 0 Å². The first-order valence-electron chi connectivity index (χ1n) is 4.62. The third-order valence-electron chi connectivity index (χ3n) is 1.85. The summed E-state index contributed by atoms with van der Waals surface area (Å²) in [5.41, 5.74) is 0.565. The van der Waals surface area contributed by atoms with Gasteiger partial charge in [-0.25, -0.2) is 0 Å². The summed E-state index contributed by atoms with van der Waals surface area (Å²) in [6.45, 7) is 0. The Hall–Kier alpha value is -1.58. The largest absolute Gasteiger partial charge is 2.00 e. The summed E-state index contributed by atoms with van der Waals surface area (Å²) in [6.07, 6.45) is 13.3. The van der Waals surface area contributed by atoms with E-state index in [1.807, 2.05) is 0 Å². The molecular formula is C12H10FeO4. The molecule has 0 saturated heterocycles. The van der Waals surface area contributed by atoms with Gasteiger partial charge in [-0.15, -0.1) is 23.3 Å². The fraction of sp³-hybridized carbons (Fsp3) is 0.167. The van der Waals surface area contributed by atoms with E-state index in [0.29, 0.717) is 12.8 Å². The van der Waals surface area contributed by atoms with Gasteiger partial charge in [0.2, 0.25) is 11.9 Å². The maximum Gasteiger partial charge on any atom is 2.00 e. The van der Waals surface area contributed by atoms with Crippen molar-refractivity contribution in [3.63, 3.8) is 0 Å². The Labute approximate surface area is 109 Å². The number of rotatable bonds is 2. The van der Waals surface area contributed by atoms with Gasteiger partial charge >= 0.3 is 17.1 Å². The molecule has 4 nitrogen and oxygen atoms in total. The van der Waals surface area contributed by atoms with Crippen molar-refractivity contribution in [2.75, 3.05) is 0 Å². The quantitative estimate of drug-likeness (QED) is 0.591. The van der Waals surface area contributed by atoms with Crippen LogP contribution in [0.4, 0.5) is 0 Å². The number of hydrogen-bond acceptors (Lipinski definition) is 2. The van der Waals surface area contributed by atoms with Crippen molar-refractivity contribution in [2.24, 2.45) is 0 Å². The van der Waals surface area contributed by atoms with Crippen molar-refractivity contribution in [3.8, 4) is 0 Å². The van der Waals surface area contributed by atoms with Gasteiger partial charge in [0.25, 0.3) is 0 Å². The summed E-state index contributed by atoms with van der Waals surface area (Å²) < 4.78 is 0. The molecule has 0 aromatic rings. The summed E-state index contributed by atoms with van der Waals surface area (Å²) in [5.74, 6) is -1.78. The van der Waals surface area contributed by atoms with Crippen LogP contribution in [0.2, 0.25) is 0 Å². The third kappa shape index (κ3) is 5.33. The van der Waals surface area contributed by atoms with Crippen molar-refractivity contribution in [1.29, 1.82) is 0 Å². The van der Waals surface area contributed by atoms with E-state index < -0.39 is 11.9 Å². The van der Waals surface area contributed by atoms with Crippen molar-refractivity contribution >= 4 is 11.9 Å². The van der Waals surface area contributed by atoms with Gasteiger partial charge in [0.1, 0.15) is 0 Å². The van der Waals surface area contributed by atoms with Gasteiger partial charge in [-0.1, -0.05) is 12.8 Å². The van der Waals surface area contributed by atoms with Crippen LogP contribution in [0.25, 0.3) is 0 Å². The Morgan fingerprint density at radius 1 is 0.941 bits per heavy atom. The summed E-state index contributed by atoms with van der Waals surface area (Å²) >= 11 is 0. The zero-order valence-electron chi connectivity index (χ0n) is 8.79. The molecule has 0 amide bonds. The number of carbonyl (C=O) groups is 2. The zero-order chi connectivity index (χ0) is 12.0. The molecule has 0 bridgehead atoms. The Bertz CT molecular complexity index is 376. The molecule has 0 fully saturated rings. The van der Waals surface area contributed by atoms with Gasteiger partial charge in [-0.3, -0.25) is 0 Å². The first-order chi connectivity index (χ1) is 7.61. The number of hydrogen-bond donors (Lipinski definition) is 2. The number of carboxylic acids is 2. The monoisotopic (exact) mass is 274 g/mol. The van der Waals surface area contributed by atoms with Crippen LogP contribution in [0.1, 0.15) is 12.8 Å². The molecule has 2 aliphatic rings. The van der Waals surface area contributed by atoms with Crippen molar-refractivity contribution < 1.29 is 36.9 Å². The van der Waals surface area contributed by atoms with Crippen molar-refractivity contribution in [1.82, 2.24) is 0 Å². The first-order valence-corrected chi connectivity index (χ1v) is 4.62. The zero-order valence-corrected chi connectivity index (χ0v) is 9.89. The van der Waals surface area contributed by atoms with Crippen molar-refractivity contribution in [2.45, 2.75) is 12.8 Å². The van der Waals surface area contributed by atoms with Crippen LogP contribution in [-0.4, -0.2) is 22.2 Å². The standard InChI is InChI=1S/2C6H5O2.Fe/c2*7-6(8)5-3-1-2-4-5;/h2*1,3H,2H2,(H,7,8);/q2*-1;+2. The summed E-state index contributed by atoms with van der Waals surface area (Å²) in [4.78, 5) is 20.1. The predicted octanol–water partition coefficient (Wildman–Crippen LogP) is 1.52. The maximum atomic E-state index is 10.1. The second kappa shape index (κ2) is 7.65. The Morgan fingerprint density at radius 3 is 1.41 bits per heavy atom. The molecule has 0 radical (unpaired) electrons. The van der Waals surface area contributed by atoms with E-state index in [9.17, 15) is 9.59 Å². The van der Waals surface area contributed by atoms with Crippen LogP contribution in [-0.2, 0) is 26.7 Å². The van der Waals surface area contributed by atoms with Crippen LogP contribution >= 0.6 is 0 Å². The number of carboxylic acid groups (broad SMARTS) is 2. The molecule has 17 heavy (non-hydrogen) atoms. The van der Waals surface area contributed by atoms with Crippen LogP contribution in [0.15, 0.2) is 35.5 Å².